The van der Waals surface area contributed by atoms with Crippen molar-refractivity contribution in [3.8, 4) is 0 Å². The average molecular weight is 213 g/mol. The molecule has 0 aromatic heterocycles. The molecular formula is C12H17F2N. The zero-order chi connectivity index (χ0) is 11.4. The summed E-state index contributed by atoms with van der Waals surface area (Å²) in [4.78, 5) is 0. The first-order valence-electron chi connectivity index (χ1n) is 5.18. The zero-order valence-corrected chi connectivity index (χ0v) is 9.35. The third-order valence-corrected chi connectivity index (χ3v) is 2.62. The van der Waals surface area contributed by atoms with Gasteiger partial charge in [-0.3, -0.25) is 0 Å². The third-order valence-electron chi connectivity index (χ3n) is 2.62. The van der Waals surface area contributed by atoms with Gasteiger partial charge in [-0.2, -0.15) is 0 Å². The predicted molar refractivity (Wildman–Crippen MR) is 57.5 cm³/mol. The second-order valence-corrected chi connectivity index (χ2v) is 4.15. The molecule has 1 nitrogen and oxygen atoms in total. The first-order valence-corrected chi connectivity index (χ1v) is 5.18. The molecule has 0 amide bonds. The molecule has 0 saturated carbocycles. The summed E-state index contributed by atoms with van der Waals surface area (Å²) in [5.41, 5.74) is 0.377. The molecule has 3 heteroatoms. The van der Waals surface area contributed by atoms with Gasteiger partial charge in [-0.15, -0.1) is 0 Å². The molecule has 0 aliphatic carbocycles. The molecule has 0 fully saturated rings. The van der Waals surface area contributed by atoms with Crippen LogP contribution in [0, 0.1) is 17.6 Å². The van der Waals surface area contributed by atoms with E-state index in [1.165, 1.54) is 6.07 Å². The van der Waals surface area contributed by atoms with Crippen LogP contribution in [0.15, 0.2) is 18.2 Å². The Bertz CT molecular complexity index is 323. The Morgan fingerprint density at radius 3 is 2.47 bits per heavy atom. The Balaban J connectivity index is 2.61. The van der Waals surface area contributed by atoms with E-state index in [4.69, 9.17) is 0 Å². The Labute approximate surface area is 89.5 Å². The smallest absolute Gasteiger partial charge is 0.127 e. The van der Waals surface area contributed by atoms with E-state index in [0.717, 1.165) is 12.1 Å². The summed E-state index contributed by atoms with van der Waals surface area (Å²) in [6, 6.07) is 3.81. The quantitative estimate of drug-likeness (QED) is 0.810. The summed E-state index contributed by atoms with van der Waals surface area (Å²) in [6.07, 6.45) is 0. The molecule has 0 spiro atoms. The van der Waals surface area contributed by atoms with Gasteiger partial charge in [-0.25, -0.2) is 8.78 Å². The number of hydrogen-bond acceptors (Lipinski definition) is 1. The second-order valence-electron chi connectivity index (χ2n) is 4.15. The van der Waals surface area contributed by atoms with Crippen LogP contribution >= 0.6 is 0 Å². The summed E-state index contributed by atoms with van der Waals surface area (Å²) in [7, 11) is 0. The first kappa shape index (κ1) is 12.1. The van der Waals surface area contributed by atoms with Crippen LogP contribution in [0.25, 0.3) is 0 Å². The maximum Gasteiger partial charge on any atom is 0.127 e. The van der Waals surface area contributed by atoms with Crippen LogP contribution in [0.4, 0.5) is 8.78 Å². The van der Waals surface area contributed by atoms with Crippen LogP contribution in [0.1, 0.15) is 26.3 Å². The van der Waals surface area contributed by atoms with Crippen molar-refractivity contribution in [1.82, 2.24) is 5.32 Å². The largest absolute Gasteiger partial charge is 0.310 e. The van der Waals surface area contributed by atoms with E-state index in [9.17, 15) is 8.78 Å². The van der Waals surface area contributed by atoms with E-state index < -0.39 is 5.82 Å². The summed E-state index contributed by atoms with van der Waals surface area (Å²) in [5, 5.41) is 3.16. The van der Waals surface area contributed by atoms with Crippen LogP contribution < -0.4 is 5.32 Å². The molecule has 0 radical (unpaired) electrons. The molecule has 1 rings (SSSR count). The molecule has 1 atom stereocenters. The summed E-state index contributed by atoms with van der Waals surface area (Å²) in [6.45, 7) is 6.56. The molecule has 1 aromatic carbocycles. The van der Waals surface area contributed by atoms with Gasteiger partial charge in [0, 0.05) is 18.2 Å². The lowest BCUT2D eigenvalue weighted by molar-refractivity contribution is 0.421. The molecule has 15 heavy (non-hydrogen) atoms. The minimum Gasteiger partial charge on any atom is -0.310 e. The molecule has 1 aromatic rings. The van der Waals surface area contributed by atoms with Crippen LogP contribution in [0.3, 0.4) is 0 Å². The number of rotatable bonds is 4. The van der Waals surface area contributed by atoms with Crippen molar-refractivity contribution in [2.45, 2.75) is 33.4 Å². The molecule has 0 aliphatic rings. The van der Waals surface area contributed by atoms with E-state index >= 15 is 0 Å². The summed E-state index contributed by atoms with van der Waals surface area (Å²) >= 11 is 0. The fraction of sp³-hybridized carbons (Fsp3) is 0.500. The summed E-state index contributed by atoms with van der Waals surface area (Å²) < 4.78 is 26.1. The maximum atomic E-state index is 13.2. The molecule has 0 heterocycles. The fourth-order valence-electron chi connectivity index (χ4n) is 1.19. The maximum absolute atomic E-state index is 13.2. The van der Waals surface area contributed by atoms with E-state index in [1.807, 2.05) is 6.92 Å². The molecule has 1 unspecified atom stereocenters. The van der Waals surface area contributed by atoms with Crippen molar-refractivity contribution in [1.29, 1.82) is 0 Å². The minimum absolute atomic E-state index is 0.285. The third kappa shape index (κ3) is 3.59. The lowest BCUT2D eigenvalue weighted by atomic mass is 10.1. The lowest BCUT2D eigenvalue weighted by Crippen LogP contribution is -2.30. The van der Waals surface area contributed by atoms with Crippen molar-refractivity contribution in [3.05, 3.63) is 35.4 Å². The van der Waals surface area contributed by atoms with Crippen LogP contribution in [0.5, 0.6) is 0 Å². The molecule has 0 aliphatic heterocycles. The van der Waals surface area contributed by atoms with E-state index in [0.29, 0.717) is 18.0 Å². The van der Waals surface area contributed by atoms with Crippen molar-refractivity contribution in [3.63, 3.8) is 0 Å². The van der Waals surface area contributed by atoms with Crippen molar-refractivity contribution < 1.29 is 8.78 Å². The normalized spacial score (nSPS) is 13.2. The number of hydrogen-bond donors (Lipinski definition) is 1. The van der Waals surface area contributed by atoms with Gasteiger partial charge >= 0.3 is 0 Å². The fourth-order valence-corrected chi connectivity index (χ4v) is 1.19. The van der Waals surface area contributed by atoms with Gasteiger partial charge in [-0.1, -0.05) is 13.8 Å². The summed E-state index contributed by atoms with van der Waals surface area (Å²) in [5.74, 6) is -0.285. The van der Waals surface area contributed by atoms with Crippen LogP contribution in [-0.4, -0.2) is 6.04 Å². The minimum atomic E-state index is -0.398. The van der Waals surface area contributed by atoms with E-state index in [-0.39, 0.29) is 11.9 Å². The van der Waals surface area contributed by atoms with Crippen LogP contribution in [0.2, 0.25) is 0 Å². The van der Waals surface area contributed by atoms with Gasteiger partial charge in [0.15, 0.2) is 0 Å². The van der Waals surface area contributed by atoms with Gasteiger partial charge in [0.1, 0.15) is 11.6 Å². The first-order chi connectivity index (χ1) is 7.00. The SMILES string of the molecule is CC(C)C(C)NCc1cc(F)ccc1F. The number of nitrogens with one attached hydrogen (secondary N) is 1. The van der Waals surface area contributed by atoms with Gasteiger partial charge in [-0.05, 0) is 31.0 Å². The highest BCUT2D eigenvalue weighted by Gasteiger charge is 2.08. The van der Waals surface area contributed by atoms with Crippen LogP contribution in [-0.2, 0) is 6.54 Å². The predicted octanol–water partition coefficient (Wildman–Crippen LogP) is 3.10. The monoisotopic (exact) mass is 213 g/mol. The van der Waals surface area contributed by atoms with Gasteiger partial charge in [0.2, 0.25) is 0 Å². The highest BCUT2D eigenvalue weighted by Crippen LogP contribution is 2.10. The Hall–Kier alpha value is -0.960. The van der Waals surface area contributed by atoms with Crippen molar-refractivity contribution >= 4 is 0 Å². The number of benzene rings is 1. The van der Waals surface area contributed by atoms with Gasteiger partial charge < -0.3 is 5.32 Å². The Kier molecular flexibility index (Phi) is 4.21. The van der Waals surface area contributed by atoms with Gasteiger partial charge in [0.05, 0.1) is 0 Å². The standard InChI is InChI=1S/C12H17F2N/c1-8(2)9(3)15-7-10-6-11(13)4-5-12(10)14/h4-6,8-9,15H,7H2,1-3H3. The topological polar surface area (TPSA) is 12.0 Å². The van der Waals surface area contributed by atoms with E-state index in [2.05, 4.69) is 19.2 Å². The molecular weight excluding hydrogens is 196 g/mol. The number of halogens is 2. The molecule has 0 bridgehead atoms. The van der Waals surface area contributed by atoms with E-state index in [1.54, 1.807) is 0 Å². The Morgan fingerprint density at radius 1 is 1.20 bits per heavy atom. The van der Waals surface area contributed by atoms with Crippen molar-refractivity contribution in [2.24, 2.45) is 5.92 Å². The van der Waals surface area contributed by atoms with Crippen molar-refractivity contribution in [2.75, 3.05) is 0 Å². The zero-order valence-electron chi connectivity index (χ0n) is 9.35. The highest BCUT2D eigenvalue weighted by atomic mass is 19.1. The van der Waals surface area contributed by atoms with Gasteiger partial charge in [0.25, 0.3) is 0 Å². The molecule has 1 N–H and O–H groups in total. The lowest BCUT2D eigenvalue weighted by Gasteiger charge is -2.17. The molecule has 84 valence electrons. The average Bonchev–Trinajstić information content (AvgIpc) is 2.18. The highest BCUT2D eigenvalue weighted by molar-refractivity contribution is 5.18. The second kappa shape index (κ2) is 5.21. The molecule has 0 saturated heterocycles. The Morgan fingerprint density at radius 2 is 1.87 bits per heavy atom.